The monoisotopic (exact) mass is 351 g/mol. The van der Waals surface area contributed by atoms with Crippen LogP contribution in [0.3, 0.4) is 0 Å². The molecule has 1 atom stereocenters. The zero-order chi connectivity index (χ0) is 17.4. The number of benzene rings is 2. The van der Waals surface area contributed by atoms with Gasteiger partial charge in [-0.1, -0.05) is 29.8 Å². The van der Waals surface area contributed by atoms with Crippen LogP contribution in [0.25, 0.3) is 11.0 Å². The summed E-state index contributed by atoms with van der Waals surface area (Å²) in [5.74, 6) is 0.645. The average Bonchev–Trinajstić information content (AvgIpc) is 2.62. The minimum Gasteiger partial charge on any atom is -0.451 e. The molecule has 0 radical (unpaired) electrons. The van der Waals surface area contributed by atoms with Crippen LogP contribution in [-0.4, -0.2) is 11.7 Å². The highest BCUT2D eigenvalue weighted by Gasteiger charge is 2.23. The molecular weight excluding hydrogens is 334 g/mol. The third-order valence-electron chi connectivity index (χ3n) is 4.37. The maximum absolute atomic E-state index is 12.6. The highest BCUT2D eigenvalue weighted by atomic mass is 32.2. The molecule has 4 nitrogen and oxygen atoms in total. The maximum atomic E-state index is 12.6. The SMILES string of the molecule is Cc1ccc2oc(C(=O)N[C@H]3CCSc4ccccc43)cc(=O)c2c1. The van der Waals surface area contributed by atoms with Crippen LogP contribution in [-0.2, 0) is 0 Å². The van der Waals surface area contributed by atoms with Gasteiger partial charge in [0.15, 0.2) is 11.2 Å². The number of hydrogen-bond donors (Lipinski definition) is 1. The fourth-order valence-corrected chi connectivity index (χ4v) is 4.23. The van der Waals surface area contributed by atoms with Crippen molar-refractivity contribution in [3.63, 3.8) is 0 Å². The van der Waals surface area contributed by atoms with Gasteiger partial charge in [-0.25, -0.2) is 0 Å². The fourth-order valence-electron chi connectivity index (χ4n) is 3.10. The molecule has 0 unspecified atom stereocenters. The molecule has 1 N–H and O–H groups in total. The minimum atomic E-state index is -0.355. The summed E-state index contributed by atoms with van der Waals surface area (Å²) in [6.45, 7) is 1.91. The molecule has 1 aliphatic heterocycles. The highest BCUT2D eigenvalue weighted by Crippen LogP contribution is 2.35. The second kappa shape index (κ2) is 6.41. The van der Waals surface area contributed by atoms with Crippen molar-refractivity contribution < 1.29 is 9.21 Å². The second-order valence-electron chi connectivity index (χ2n) is 6.18. The molecule has 3 aromatic rings. The fraction of sp³-hybridized carbons (Fsp3) is 0.200. The third-order valence-corrected chi connectivity index (χ3v) is 5.49. The first kappa shape index (κ1) is 16.0. The van der Waals surface area contributed by atoms with Crippen LogP contribution < -0.4 is 10.7 Å². The quantitative estimate of drug-likeness (QED) is 0.756. The van der Waals surface area contributed by atoms with Gasteiger partial charge in [-0.05, 0) is 37.1 Å². The van der Waals surface area contributed by atoms with Crippen LogP contribution in [0, 0.1) is 6.92 Å². The van der Waals surface area contributed by atoms with Crippen LogP contribution in [0.4, 0.5) is 0 Å². The van der Waals surface area contributed by atoms with E-state index < -0.39 is 0 Å². The molecule has 0 saturated carbocycles. The summed E-state index contributed by atoms with van der Waals surface area (Å²) in [5.41, 5.74) is 2.33. The summed E-state index contributed by atoms with van der Waals surface area (Å²) in [7, 11) is 0. The van der Waals surface area contributed by atoms with Gasteiger partial charge in [0.1, 0.15) is 5.58 Å². The molecule has 0 bridgehead atoms. The Kier molecular flexibility index (Phi) is 4.09. The number of aryl methyl sites for hydroxylation is 1. The van der Waals surface area contributed by atoms with Crippen molar-refractivity contribution in [1.29, 1.82) is 0 Å². The molecule has 1 amide bonds. The van der Waals surface area contributed by atoms with Crippen LogP contribution in [0.2, 0.25) is 0 Å². The second-order valence-corrected chi connectivity index (χ2v) is 7.31. The molecule has 126 valence electrons. The first-order chi connectivity index (χ1) is 12.1. The molecule has 0 saturated heterocycles. The van der Waals surface area contributed by atoms with Gasteiger partial charge in [-0.15, -0.1) is 11.8 Å². The van der Waals surface area contributed by atoms with E-state index >= 15 is 0 Å². The van der Waals surface area contributed by atoms with Gasteiger partial charge in [-0.2, -0.15) is 0 Å². The van der Waals surface area contributed by atoms with Crippen molar-refractivity contribution in [2.75, 3.05) is 5.75 Å². The van der Waals surface area contributed by atoms with Crippen molar-refractivity contribution in [3.8, 4) is 0 Å². The number of carbonyl (C=O) groups excluding carboxylic acids is 1. The van der Waals surface area contributed by atoms with E-state index in [0.29, 0.717) is 11.0 Å². The van der Waals surface area contributed by atoms with Crippen molar-refractivity contribution in [2.45, 2.75) is 24.3 Å². The van der Waals surface area contributed by atoms with Gasteiger partial charge in [-0.3, -0.25) is 9.59 Å². The Bertz CT molecular complexity index is 1020. The number of nitrogens with one attached hydrogen (secondary N) is 1. The van der Waals surface area contributed by atoms with Crippen molar-refractivity contribution in [2.24, 2.45) is 0 Å². The summed E-state index contributed by atoms with van der Waals surface area (Å²) < 4.78 is 5.67. The molecule has 5 heteroatoms. The largest absolute Gasteiger partial charge is 0.451 e. The number of carbonyl (C=O) groups is 1. The zero-order valence-electron chi connectivity index (χ0n) is 13.7. The number of hydrogen-bond acceptors (Lipinski definition) is 4. The number of rotatable bonds is 2. The lowest BCUT2D eigenvalue weighted by molar-refractivity contribution is 0.0907. The molecular formula is C20H17NO3S. The standard InChI is InChI=1S/C20H17NO3S/c1-12-6-7-17-14(10-12)16(22)11-18(24-17)20(23)21-15-8-9-25-19-5-3-2-4-13(15)19/h2-7,10-11,15H,8-9H2,1H3,(H,21,23)/t15-/m0/s1. The lowest BCUT2D eigenvalue weighted by Gasteiger charge is -2.25. The molecule has 0 fully saturated rings. The van der Waals surface area contributed by atoms with E-state index in [-0.39, 0.29) is 23.1 Å². The predicted octanol–water partition coefficient (Wildman–Crippen LogP) is 4.07. The van der Waals surface area contributed by atoms with E-state index in [2.05, 4.69) is 11.4 Å². The molecule has 25 heavy (non-hydrogen) atoms. The van der Waals surface area contributed by atoms with Gasteiger partial charge in [0, 0.05) is 16.7 Å². The van der Waals surface area contributed by atoms with E-state index in [1.807, 2.05) is 31.2 Å². The molecule has 1 aromatic heterocycles. The smallest absolute Gasteiger partial charge is 0.287 e. The number of fused-ring (bicyclic) bond motifs is 2. The topological polar surface area (TPSA) is 59.3 Å². The number of amides is 1. The van der Waals surface area contributed by atoms with Gasteiger partial charge in [0.05, 0.1) is 11.4 Å². The lowest BCUT2D eigenvalue weighted by Crippen LogP contribution is -2.31. The van der Waals surface area contributed by atoms with E-state index in [1.54, 1.807) is 23.9 Å². The van der Waals surface area contributed by atoms with Crippen molar-refractivity contribution >= 4 is 28.6 Å². The summed E-state index contributed by atoms with van der Waals surface area (Å²) in [6, 6.07) is 14.7. The van der Waals surface area contributed by atoms with Gasteiger partial charge < -0.3 is 9.73 Å². The summed E-state index contributed by atoms with van der Waals surface area (Å²) in [6.07, 6.45) is 0.852. The van der Waals surface area contributed by atoms with Crippen molar-refractivity contribution in [1.82, 2.24) is 5.32 Å². The normalized spacial score (nSPS) is 16.4. The summed E-state index contributed by atoms with van der Waals surface area (Å²) >= 11 is 1.80. The van der Waals surface area contributed by atoms with E-state index in [4.69, 9.17) is 4.42 Å². The third kappa shape index (κ3) is 3.07. The van der Waals surface area contributed by atoms with E-state index in [1.165, 1.54) is 11.0 Å². The summed E-state index contributed by atoms with van der Waals surface area (Å²) in [4.78, 5) is 26.1. The lowest BCUT2D eigenvalue weighted by atomic mass is 10.0. The summed E-state index contributed by atoms with van der Waals surface area (Å²) in [5, 5.41) is 3.51. The van der Waals surface area contributed by atoms with Crippen LogP contribution in [0.5, 0.6) is 0 Å². The first-order valence-corrected chi connectivity index (χ1v) is 9.17. The van der Waals surface area contributed by atoms with Crippen LogP contribution in [0.15, 0.2) is 62.6 Å². The van der Waals surface area contributed by atoms with Gasteiger partial charge >= 0.3 is 0 Å². The average molecular weight is 351 g/mol. The first-order valence-electron chi connectivity index (χ1n) is 8.19. The molecule has 1 aliphatic rings. The Labute approximate surface area is 149 Å². The Hall–Kier alpha value is -2.53. The molecule has 4 rings (SSSR count). The molecule has 0 spiro atoms. The van der Waals surface area contributed by atoms with E-state index in [9.17, 15) is 9.59 Å². The highest BCUT2D eigenvalue weighted by molar-refractivity contribution is 7.99. The Morgan fingerprint density at radius 2 is 2.04 bits per heavy atom. The number of thioether (sulfide) groups is 1. The molecule has 2 heterocycles. The van der Waals surface area contributed by atoms with E-state index in [0.717, 1.165) is 23.3 Å². The predicted molar refractivity (Wildman–Crippen MR) is 99.2 cm³/mol. The molecule has 0 aliphatic carbocycles. The molecule has 2 aromatic carbocycles. The Morgan fingerprint density at radius 3 is 2.92 bits per heavy atom. The van der Waals surface area contributed by atoms with Crippen molar-refractivity contribution in [3.05, 3.63) is 75.6 Å². The van der Waals surface area contributed by atoms with Crippen LogP contribution >= 0.6 is 11.8 Å². The minimum absolute atomic E-state index is 0.0528. The zero-order valence-corrected chi connectivity index (χ0v) is 14.6. The van der Waals surface area contributed by atoms with Gasteiger partial charge in [0.2, 0.25) is 0 Å². The maximum Gasteiger partial charge on any atom is 0.287 e. The van der Waals surface area contributed by atoms with Gasteiger partial charge in [0.25, 0.3) is 5.91 Å². The Balaban J connectivity index is 1.65. The Morgan fingerprint density at radius 1 is 1.20 bits per heavy atom. The van der Waals surface area contributed by atoms with Crippen LogP contribution in [0.1, 0.15) is 34.1 Å².